The second-order valence-electron chi connectivity index (χ2n) is 10.8. The first-order chi connectivity index (χ1) is 19.5. The Balaban J connectivity index is 1.72. The van der Waals surface area contributed by atoms with Crippen LogP contribution in [0.5, 0.6) is 23.0 Å². The normalized spacial score (nSPS) is 18.5. The van der Waals surface area contributed by atoms with E-state index in [4.69, 9.17) is 14.2 Å². The monoisotopic (exact) mass is 558 g/mol. The summed E-state index contributed by atoms with van der Waals surface area (Å²) in [6.45, 7) is 5.03. The Bertz CT molecular complexity index is 1730. The molecule has 0 radical (unpaired) electrons. The Morgan fingerprint density at radius 1 is 0.902 bits per heavy atom. The number of phenols is 3. The van der Waals surface area contributed by atoms with Crippen molar-refractivity contribution in [3.05, 3.63) is 68.8 Å². The Morgan fingerprint density at radius 2 is 1.59 bits per heavy atom. The summed E-state index contributed by atoms with van der Waals surface area (Å²) < 4.78 is 16.9. The van der Waals surface area contributed by atoms with Gasteiger partial charge < -0.3 is 29.5 Å². The summed E-state index contributed by atoms with van der Waals surface area (Å²) in [7, 11) is 1.26. The number of esters is 2. The summed E-state index contributed by atoms with van der Waals surface area (Å²) >= 11 is 0. The number of hydrogen-bond acceptors (Lipinski definition) is 10. The Morgan fingerprint density at radius 3 is 2.27 bits per heavy atom. The van der Waals surface area contributed by atoms with E-state index in [2.05, 4.69) is 0 Å². The summed E-state index contributed by atoms with van der Waals surface area (Å²) in [5.41, 5.74) is -0.139. The number of fused-ring (bicyclic) bond motifs is 6. The zero-order chi connectivity index (χ0) is 29.5. The predicted octanol–water partition coefficient (Wildman–Crippen LogP) is 4.15. The summed E-state index contributed by atoms with van der Waals surface area (Å²) in [5.74, 6) is -5.03. The molecule has 210 valence electrons. The first kappa shape index (κ1) is 26.4. The quantitative estimate of drug-likeness (QED) is 0.312. The molecule has 1 aliphatic heterocycles. The van der Waals surface area contributed by atoms with Crippen molar-refractivity contribution in [1.29, 1.82) is 0 Å². The molecule has 0 fully saturated rings. The van der Waals surface area contributed by atoms with Crippen LogP contribution in [-0.4, -0.2) is 52.0 Å². The number of benzene rings is 3. The van der Waals surface area contributed by atoms with Crippen LogP contribution < -0.4 is 4.74 Å². The number of aromatic hydroxyl groups is 3. The van der Waals surface area contributed by atoms with E-state index in [0.717, 1.165) is 0 Å². The molecule has 0 spiro atoms. The number of rotatable bonds is 3. The molecule has 3 aliphatic rings. The minimum Gasteiger partial charge on any atom is -0.507 e. The zero-order valence-electron chi connectivity index (χ0n) is 22.7. The minimum atomic E-state index is -1.09. The topological polar surface area (TPSA) is 157 Å². The lowest BCUT2D eigenvalue weighted by Gasteiger charge is -2.34. The van der Waals surface area contributed by atoms with Crippen LogP contribution in [0.3, 0.4) is 0 Å². The molecule has 10 heteroatoms. The van der Waals surface area contributed by atoms with Gasteiger partial charge in [-0.2, -0.15) is 0 Å². The van der Waals surface area contributed by atoms with Crippen molar-refractivity contribution in [2.24, 2.45) is 5.92 Å². The molecule has 6 rings (SSSR count). The fourth-order valence-corrected chi connectivity index (χ4v) is 6.05. The molecule has 0 amide bonds. The van der Waals surface area contributed by atoms with E-state index in [9.17, 15) is 34.5 Å². The van der Waals surface area contributed by atoms with Crippen LogP contribution in [-0.2, 0) is 27.1 Å². The number of ether oxygens (including phenoxy) is 3. The van der Waals surface area contributed by atoms with Crippen LogP contribution >= 0.6 is 0 Å². The molecule has 41 heavy (non-hydrogen) atoms. The van der Waals surface area contributed by atoms with E-state index >= 15 is 0 Å². The van der Waals surface area contributed by atoms with Crippen molar-refractivity contribution < 1.29 is 48.7 Å². The van der Waals surface area contributed by atoms with E-state index in [1.807, 2.05) is 0 Å². The standard InChI is InChI=1S/C31H26O10/c1-11(2)30(37)41-17-10-14-9-13-8-12(3)40-31(38)19(13)26(34)18(14)22-21(17)29(39-4)24-23(28(22)36)25(33)15-6-5-7-16(32)20(15)27(24)35/h5-7,9,11-12,17,32,34,36H,8,10H2,1-4H3/t12?,17-/m1/s1. The number of ketones is 2. The van der Waals surface area contributed by atoms with E-state index < -0.39 is 58.9 Å². The van der Waals surface area contributed by atoms with E-state index in [1.165, 1.54) is 25.3 Å². The Labute approximate surface area is 234 Å². The molecule has 1 unspecified atom stereocenters. The SMILES string of the molecule is COc1c2c(c(O)c3c1[C@H](OC(=O)C(C)C)Cc1cc4c(c(O)c1-3)C(=O)OC(C)C4)C(=O)c1cccc(O)c1C2=O. The molecule has 3 aromatic carbocycles. The lowest BCUT2D eigenvalue weighted by molar-refractivity contribution is -0.153. The van der Waals surface area contributed by atoms with Gasteiger partial charge in [0.1, 0.15) is 40.8 Å². The van der Waals surface area contributed by atoms with Gasteiger partial charge in [-0.3, -0.25) is 14.4 Å². The molecule has 3 aromatic rings. The Kier molecular flexibility index (Phi) is 5.84. The fourth-order valence-electron chi connectivity index (χ4n) is 6.05. The first-order valence-electron chi connectivity index (χ1n) is 13.1. The van der Waals surface area contributed by atoms with Crippen LogP contribution in [0, 0.1) is 5.92 Å². The van der Waals surface area contributed by atoms with Crippen molar-refractivity contribution in [2.75, 3.05) is 7.11 Å². The van der Waals surface area contributed by atoms with Gasteiger partial charge in [0.2, 0.25) is 5.78 Å². The van der Waals surface area contributed by atoms with Crippen molar-refractivity contribution in [3.63, 3.8) is 0 Å². The molecule has 10 nitrogen and oxygen atoms in total. The highest BCUT2D eigenvalue weighted by atomic mass is 16.5. The third kappa shape index (κ3) is 3.63. The summed E-state index contributed by atoms with van der Waals surface area (Å²) in [6.07, 6.45) is -1.17. The summed E-state index contributed by atoms with van der Waals surface area (Å²) in [4.78, 5) is 53.2. The van der Waals surface area contributed by atoms with Gasteiger partial charge in [0, 0.05) is 35.1 Å². The van der Waals surface area contributed by atoms with Crippen molar-refractivity contribution in [1.82, 2.24) is 0 Å². The molecular formula is C31H26O10. The molecule has 2 atom stereocenters. The van der Waals surface area contributed by atoms with Gasteiger partial charge in [0.05, 0.1) is 29.7 Å². The highest BCUT2D eigenvalue weighted by molar-refractivity contribution is 6.32. The summed E-state index contributed by atoms with van der Waals surface area (Å²) in [5, 5.41) is 33.7. The van der Waals surface area contributed by atoms with Crippen molar-refractivity contribution >= 4 is 23.5 Å². The third-order valence-corrected chi connectivity index (χ3v) is 7.83. The van der Waals surface area contributed by atoms with Crippen molar-refractivity contribution in [3.8, 4) is 34.1 Å². The lowest BCUT2D eigenvalue weighted by Crippen LogP contribution is -2.28. The number of methoxy groups -OCH3 is 1. The molecule has 0 saturated carbocycles. The van der Waals surface area contributed by atoms with Gasteiger partial charge in [-0.1, -0.05) is 32.0 Å². The maximum Gasteiger partial charge on any atom is 0.342 e. The Hall–Kier alpha value is -4.86. The largest absolute Gasteiger partial charge is 0.507 e. The first-order valence-corrected chi connectivity index (χ1v) is 13.1. The zero-order valence-corrected chi connectivity index (χ0v) is 22.7. The van der Waals surface area contributed by atoms with E-state index in [0.29, 0.717) is 17.5 Å². The third-order valence-electron chi connectivity index (χ3n) is 7.83. The number of cyclic esters (lactones) is 1. The van der Waals surface area contributed by atoms with Crippen LogP contribution in [0.15, 0.2) is 24.3 Å². The van der Waals surface area contributed by atoms with Gasteiger partial charge in [0.25, 0.3) is 0 Å². The average molecular weight is 559 g/mol. The second kappa shape index (κ2) is 9.09. The maximum absolute atomic E-state index is 13.8. The summed E-state index contributed by atoms with van der Waals surface area (Å²) in [6, 6.07) is 5.73. The predicted molar refractivity (Wildman–Crippen MR) is 143 cm³/mol. The number of carbonyl (C=O) groups excluding carboxylic acids is 4. The van der Waals surface area contributed by atoms with E-state index in [1.54, 1.807) is 26.8 Å². The minimum absolute atomic E-state index is 0.0175. The van der Waals surface area contributed by atoms with Gasteiger partial charge in [0.15, 0.2) is 5.78 Å². The fraction of sp³-hybridized carbons (Fsp3) is 0.290. The molecule has 0 bridgehead atoms. The van der Waals surface area contributed by atoms with Crippen LogP contribution in [0.25, 0.3) is 11.1 Å². The molecular weight excluding hydrogens is 532 g/mol. The van der Waals surface area contributed by atoms with Gasteiger partial charge in [-0.25, -0.2) is 4.79 Å². The second-order valence-corrected chi connectivity index (χ2v) is 10.8. The van der Waals surface area contributed by atoms with E-state index in [-0.39, 0.29) is 56.7 Å². The molecule has 0 aromatic heterocycles. The van der Waals surface area contributed by atoms with Gasteiger partial charge >= 0.3 is 11.9 Å². The van der Waals surface area contributed by atoms with Crippen LogP contribution in [0.2, 0.25) is 0 Å². The number of hydrogen-bond donors (Lipinski definition) is 3. The lowest BCUT2D eigenvalue weighted by atomic mass is 9.74. The van der Waals surface area contributed by atoms with Gasteiger partial charge in [-0.15, -0.1) is 0 Å². The van der Waals surface area contributed by atoms with Crippen LogP contribution in [0.4, 0.5) is 0 Å². The molecule has 2 aliphatic carbocycles. The molecule has 3 N–H and O–H groups in total. The number of phenolic OH excluding ortho intramolecular Hbond substituents is 3. The average Bonchev–Trinajstić information content (AvgIpc) is 2.90. The number of carbonyl (C=O) groups is 4. The molecule has 1 heterocycles. The van der Waals surface area contributed by atoms with Crippen molar-refractivity contribution in [2.45, 2.75) is 45.8 Å². The smallest absolute Gasteiger partial charge is 0.342 e. The molecule has 0 saturated heterocycles. The van der Waals surface area contributed by atoms with Crippen LogP contribution in [0.1, 0.15) is 85.8 Å². The maximum atomic E-state index is 13.8. The highest BCUT2D eigenvalue weighted by Crippen LogP contribution is 2.57. The van der Waals surface area contributed by atoms with Gasteiger partial charge in [-0.05, 0) is 24.1 Å². The highest BCUT2D eigenvalue weighted by Gasteiger charge is 2.45.